The fourth-order valence-corrected chi connectivity index (χ4v) is 2.33. The zero-order valence-corrected chi connectivity index (χ0v) is 13.8. The molecule has 0 bridgehead atoms. The van der Waals surface area contributed by atoms with E-state index in [1.807, 2.05) is 24.3 Å². The third-order valence-electron chi connectivity index (χ3n) is 3.67. The molecular formula is C20H34O. The number of allylic oxidation sites excluding steroid dienone is 2. The van der Waals surface area contributed by atoms with Crippen molar-refractivity contribution in [3.8, 4) is 0 Å². The molecule has 21 heavy (non-hydrogen) atoms. The maximum Gasteiger partial charge on any atom is 0.0761 e. The Balaban J connectivity index is 3.83. The van der Waals surface area contributed by atoms with Gasteiger partial charge in [0.1, 0.15) is 0 Å². The van der Waals surface area contributed by atoms with Crippen molar-refractivity contribution in [3.63, 3.8) is 0 Å². The molecule has 1 nitrogen and oxygen atoms in total. The smallest absolute Gasteiger partial charge is 0.0761 e. The molecule has 0 aliphatic carbocycles. The van der Waals surface area contributed by atoms with Crippen LogP contribution in [-0.4, -0.2) is 12.2 Å². The predicted octanol–water partition coefficient (Wildman–Crippen LogP) is 6.39. The summed E-state index contributed by atoms with van der Waals surface area (Å²) in [5, 5.41) is 0. The largest absolute Gasteiger partial charge is 0.367 e. The van der Waals surface area contributed by atoms with Crippen LogP contribution in [0.2, 0.25) is 0 Å². The highest BCUT2D eigenvalue weighted by Gasteiger charge is 2.11. The lowest BCUT2D eigenvalue weighted by atomic mass is 10.1. The average Bonchev–Trinajstić information content (AvgIpc) is 2.51. The van der Waals surface area contributed by atoms with Crippen LogP contribution in [0.3, 0.4) is 0 Å². The van der Waals surface area contributed by atoms with Crippen LogP contribution in [0.5, 0.6) is 0 Å². The lowest BCUT2D eigenvalue weighted by molar-refractivity contribution is 0.0300. The molecule has 0 saturated carbocycles. The number of ether oxygens (including phenoxy) is 1. The maximum absolute atomic E-state index is 6.09. The summed E-state index contributed by atoms with van der Waals surface area (Å²) in [7, 11) is 0. The van der Waals surface area contributed by atoms with Crippen LogP contribution in [0.15, 0.2) is 50.6 Å². The number of unbranched alkanes of at least 4 members (excludes halogenated alkanes) is 6. The molecule has 2 unspecified atom stereocenters. The summed E-state index contributed by atoms with van der Waals surface area (Å²) in [4.78, 5) is 0. The van der Waals surface area contributed by atoms with E-state index < -0.39 is 0 Å². The van der Waals surface area contributed by atoms with Crippen LogP contribution in [0.4, 0.5) is 0 Å². The molecule has 0 rings (SSSR count). The SMILES string of the molecule is C=CCCCCCC(C=C)OC(C=C)CCCCCC=C. The molecule has 0 aliphatic heterocycles. The van der Waals surface area contributed by atoms with Gasteiger partial charge in [-0.2, -0.15) is 0 Å². The Hall–Kier alpha value is -1.08. The van der Waals surface area contributed by atoms with Crippen molar-refractivity contribution >= 4 is 0 Å². The molecular weight excluding hydrogens is 256 g/mol. The van der Waals surface area contributed by atoms with Gasteiger partial charge in [-0.1, -0.05) is 50.0 Å². The topological polar surface area (TPSA) is 9.23 Å². The minimum Gasteiger partial charge on any atom is -0.367 e. The third-order valence-corrected chi connectivity index (χ3v) is 3.67. The van der Waals surface area contributed by atoms with E-state index in [0.29, 0.717) is 0 Å². The van der Waals surface area contributed by atoms with Crippen molar-refractivity contribution in [2.24, 2.45) is 0 Å². The number of hydrogen-bond donors (Lipinski definition) is 0. The summed E-state index contributed by atoms with van der Waals surface area (Å²) in [6, 6.07) is 0. The Labute approximate surface area is 132 Å². The van der Waals surface area contributed by atoms with Crippen LogP contribution < -0.4 is 0 Å². The summed E-state index contributed by atoms with van der Waals surface area (Å²) in [6.45, 7) is 15.3. The highest BCUT2D eigenvalue weighted by molar-refractivity contribution is 4.86. The van der Waals surface area contributed by atoms with E-state index >= 15 is 0 Å². The van der Waals surface area contributed by atoms with Gasteiger partial charge in [-0.25, -0.2) is 0 Å². The summed E-state index contributed by atoms with van der Waals surface area (Å²) >= 11 is 0. The second-order valence-electron chi connectivity index (χ2n) is 5.54. The summed E-state index contributed by atoms with van der Waals surface area (Å²) in [5.74, 6) is 0. The van der Waals surface area contributed by atoms with Gasteiger partial charge in [-0.15, -0.1) is 26.3 Å². The highest BCUT2D eigenvalue weighted by atomic mass is 16.5. The monoisotopic (exact) mass is 290 g/mol. The lowest BCUT2D eigenvalue weighted by Gasteiger charge is -2.20. The highest BCUT2D eigenvalue weighted by Crippen LogP contribution is 2.16. The molecule has 120 valence electrons. The Morgan fingerprint density at radius 2 is 1.05 bits per heavy atom. The predicted molar refractivity (Wildman–Crippen MR) is 95.6 cm³/mol. The van der Waals surface area contributed by atoms with Crippen molar-refractivity contribution in [2.75, 3.05) is 0 Å². The fourth-order valence-electron chi connectivity index (χ4n) is 2.33. The van der Waals surface area contributed by atoms with E-state index in [-0.39, 0.29) is 12.2 Å². The zero-order valence-electron chi connectivity index (χ0n) is 13.8. The number of hydrogen-bond acceptors (Lipinski definition) is 1. The molecule has 2 atom stereocenters. The Kier molecular flexibility index (Phi) is 14.5. The molecule has 0 amide bonds. The number of rotatable bonds is 16. The van der Waals surface area contributed by atoms with E-state index in [0.717, 1.165) is 25.7 Å². The van der Waals surface area contributed by atoms with Gasteiger partial charge in [0.05, 0.1) is 12.2 Å². The Morgan fingerprint density at radius 1 is 0.619 bits per heavy atom. The molecule has 0 aromatic rings. The molecule has 0 saturated heterocycles. The molecule has 0 spiro atoms. The van der Waals surface area contributed by atoms with Crippen LogP contribution in [-0.2, 0) is 4.74 Å². The fraction of sp³-hybridized carbons (Fsp3) is 0.600. The van der Waals surface area contributed by atoms with Crippen molar-refractivity contribution in [3.05, 3.63) is 50.6 Å². The third kappa shape index (κ3) is 12.4. The molecule has 0 N–H and O–H groups in total. The van der Waals surface area contributed by atoms with Crippen molar-refractivity contribution in [1.29, 1.82) is 0 Å². The van der Waals surface area contributed by atoms with Crippen LogP contribution in [0, 0.1) is 0 Å². The van der Waals surface area contributed by atoms with Gasteiger partial charge < -0.3 is 4.74 Å². The normalized spacial score (nSPS) is 13.3. The van der Waals surface area contributed by atoms with E-state index in [1.54, 1.807) is 0 Å². The van der Waals surface area contributed by atoms with Gasteiger partial charge >= 0.3 is 0 Å². The first kappa shape index (κ1) is 19.9. The molecule has 0 aliphatic rings. The summed E-state index contributed by atoms with van der Waals surface area (Å²) in [6.07, 6.45) is 19.8. The second-order valence-corrected chi connectivity index (χ2v) is 5.54. The van der Waals surface area contributed by atoms with E-state index in [2.05, 4.69) is 26.3 Å². The van der Waals surface area contributed by atoms with Gasteiger partial charge in [0.25, 0.3) is 0 Å². The van der Waals surface area contributed by atoms with Gasteiger partial charge in [0.15, 0.2) is 0 Å². The van der Waals surface area contributed by atoms with Crippen molar-refractivity contribution < 1.29 is 4.74 Å². The summed E-state index contributed by atoms with van der Waals surface area (Å²) in [5.41, 5.74) is 0. The van der Waals surface area contributed by atoms with Crippen molar-refractivity contribution in [2.45, 2.75) is 76.4 Å². The first-order valence-electron chi connectivity index (χ1n) is 8.40. The van der Waals surface area contributed by atoms with Gasteiger partial charge in [-0.3, -0.25) is 0 Å². The Morgan fingerprint density at radius 3 is 1.38 bits per heavy atom. The first-order chi connectivity index (χ1) is 10.3. The zero-order chi connectivity index (χ0) is 15.8. The standard InChI is InChI=1S/C20H34O/c1-5-9-11-13-15-17-19(7-3)21-20(8-4)18-16-14-12-10-6-2/h5-8,19-20H,1-4,9-18H2. The molecule has 0 radical (unpaired) electrons. The van der Waals surface area contributed by atoms with Crippen LogP contribution in [0.1, 0.15) is 64.2 Å². The van der Waals surface area contributed by atoms with E-state index in [1.165, 1.54) is 38.5 Å². The van der Waals surface area contributed by atoms with Gasteiger partial charge in [0.2, 0.25) is 0 Å². The molecule has 1 heteroatoms. The summed E-state index contributed by atoms with van der Waals surface area (Å²) < 4.78 is 6.09. The Bertz CT molecular complexity index is 252. The minimum absolute atomic E-state index is 0.157. The first-order valence-corrected chi connectivity index (χ1v) is 8.40. The second kappa shape index (κ2) is 15.3. The molecule has 0 aromatic carbocycles. The van der Waals surface area contributed by atoms with E-state index in [4.69, 9.17) is 4.74 Å². The quantitative estimate of drug-likeness (QED) is 0.236. The average molecular weight is 290 g/mol. The van der Waals surface area contributed by atoms with Crippen molar-refractivity contribution in [1.82, 2.24) is 0 Å². The molecule has 0 heterocycles. The van der Waals surface area contributed by atoms with Gasteiger partial charge in [-0.05, 0) is 38.5 Å². The van der Waals surface area contributed by atoms with Crippen LogP contribution in [0.25, 0.3) is 0 Å². The lowest BCUT2D eigenvalue weighted by Crippen LogP contribution is -2.19. The van der Waals surface area contributed by atoms with E-state index in [9.17, 15) is 0 Å². The maximum atomic E-state index is 6.09. The van der Waals surface area contributed by atoms with Crippen LogP contribution >= 0.6 is 0 Å². The minimum atomic E-state index is 0.157. The molecule has 0 aromatic heterocycles. The van der Waals surface area contributed by atoms with Gasteiger partial charge in [0, 0.05) is 0 Å². The molecule has 0 fully saturated rings.